The van der Waals surface area contributed by atoms with Crippen molar-refractivity contribution in [3.8, 4) is 0 Å². The normalized spacial score (nSPS) is 44.2. The van der Waals surface area contributed by atoms with Gasteiger partial charge in [-0.1, -0.05) is 50.6 Å². The molecule has 0 aliphatic heterocycles. The van der Waals surface area contributed by atoms with Gasteiger partial charge < -0.3 is 9.84 Å². The summed E-state index contributed by atoms with van der Waals surface area (Å²) in [4.78, 5) is 24.6. The maximum Gasteiger partial charge on any atom is 0.395 e. The van der Waals surface area contributed by atoms with Gasteiger partial charge >= 0.3 is 12.1 Å². The monoisotopic (exact) mass is 466 g/mol. The predicted octanol–water partition coefficient (Wildman–Crippen LogP) is 5.18. The summed E-state index contributed by atoms with van der Waals surface area (Å²) in [5.74, 6) is -2.79. The van der Waals surface area contributed by atoms with E-state index in [1.165, 1.54) is 13.0 Å². The predicted molar refractivity (Wildman–Crippen MR) is 117 cm³/mol. The van der Waals surface area contributed by atoms with Gasteiger partial charge in [-0.25, -0.2) is 0 Å². The summed E-state index contributed by atoms with van der Waals surface area (Å²) in [6.07, 6.45) is 2.44. The van der Waals surface area contributed by atoms with E-state index >= 15 is 0 Å². The van der Waals surface area contributed by atoms with Gasteiger partial charge in [0.2, 0.25) is 0 Å². The number of esters is 1. The SMILES string of the molecule is CC(=O)OCC(=O)[C@@]1(C)[C@H](C)CC2C3CC(C(F)(F)F)C4=CC(O)C=C[C@]4(C)C3=CC[C@@]21C. The molecule has 0 radical (unpaired) electrons. The highest BCUT2D eigenvalue weighted by atomic mass is 19.4. The van der Waals surface area contributed by atoms with E-state index < -0.39 is 40.4 Å². The lowest BCUT2D eigenvalue weighted by Gasteiger charge is -2.56. The quantitative estimate of drug-likeness (QED) is 0.460. The van der Waals surface area contributed by atoms with Gasteiger partial charge in [0.15, 0.2) is 12.4 Å². The van der Waals surface area contributed by atoms with Crippen LogP contribution in [0.2, 0.25) is 0 Å². The van der Waals surface area contributed by atoms with E-state index in [2.05, 4.69) is 6.08 Å². The van der Waals surface area contributed by atoms with E-state index in [0.717, 1.165) is 5.57 Å². The van der Waals surface area contributed by atoms with Crippen LogP contribution in [0.25, 0.3) is 0 Å². The number of allylic oxidation sites excluding steroid dienone is 4. The molecule has 8 atom stereocenters. The van der Waals surface area contributed by atoms with Gasteiger partial charge in [-0.3, -0.25) is 9.59 Å². The first-order valence-corrected chi connectivity index (χ1v) is 11.7. The largest absolute Gasteiger partial charge is 0.458 e. The van der Waals surface area contributed by atoms with Crippen molar-refractivity contribution in [3.63, 3.8) is 0 Å². The van der Waals surface area contributed by atoms with Crippen molar-refractivity contribution in [1.29, 1.82) is 0 Å². The molecular weight excluding hydrogens is 433 g/mol. The molecule has 0 bridgehead atoms. The summed E-state index contributed by atoms with van der Waals surface area (Å²) >= 11 is 0. The van der Waals surface area contributed by atoms with Crippen LogP contribution in [0.3, 0.4) is 0 Å². The zero-order valence-electron chi connectivity index (χ0n) is 19.8. The summed E-state index contributed by atoms with van der Waals surface area (Å²) < 4.78 is 47.8. The molecule has 0 aromatic rings. The number of ether oxygens (including phenoxy) is 1. The van der Waals surface area contributed by atoms with Crippen LogP contribution in [0.4, 0.5) is 13.2 Å². The third-order valence-electron chi connectivity index (χ3n) is 9.65. The highest BCUT2D eigenvalue weighted by molar-refractivity contribution is 5.88. The van der Waals surface area contributed by atoms with Crippen molar-refractivity contribution in [3.05, 3.63) is 35.5 Å². The summed E-state index contributed by atoms with van der Waals surface area (Å²) in [6, 6.07) is 0. The molecule has 4 unspecified atom stereocenters. The first-order valence-electron chi connectivity index (χ1n) is 11.7. The molecule has 0 spiro atoms. The Morgan fingerprint density at radius 1 is 1.18 bits per heavy atom. The van der Waals surface area contributed by atoms with Gasteiger partial charge in [0, 0.05) is 17.8 Å². The maximum atomic E-state index is 14.3. The summed E-state index contributed by atoms with van der Waals surface area (Å²) in [6.45, 7) is 8.68. The van der Waals surface area contributed by atoms with Crippen molar-refractivity contribution in [2.45, 2.75) is 66.2 Å². The van der Waals surface area contributed by atoms with Crippen LogP contribution in [0.5, 0.6) is 0 Å². The summed E-state index contributed by atoms with van der Waals surface area (Å²) in [5, 5.41) is 10.1. The number of halogens is 3. The van der Waals surface area contributed by atoms with Crippen LogP contribution < -0.4 is 0 Å². The molecule has 0 saturated heterocycles. The van der Waals surface area contributed by atoms with E-state index in [1.54, 1.807) is 12.2 Å². The standard InChI is InChI=1S/C26H33F3O4/c1-14-10-19-17-12-21(26(27,28)29)20-11-16(31)6-8-23(20,3)18(17)7-9-24(19,4)25(14,5)22(32)13-33-15(2)30/h6-8,11,14,16-17,19,21,31H,9-10,12-13H2,1-5H3/t14-,16?,17?,19?,21?,23-,24+,25-/m1/s1. The molecule has 0 aromatic heterocycles. The lowest BCUT2D eigenvalue weighted by Crippen LogP contribution is -2.53. The fourth-order valence-corrected chi connectivity index (χ4v) is 7.52. The summed E-state index contributed by atoms with van der Waals surface area (Å²) in [7, 11) is 0. The Hall–Kier alpha value is -1.89. The number of aliphatic hydroxyl groups excluding tert-OH is 1. The first-order chi connectivity index (χ1) is 15.2. The lowest BCUT2D eigenvalue weighted by molar-refractivity contribution is -0.177. The Labute approximate surface area is 192 Å². The number of carbonyl (C=O) groups is 2. The highest BCUT2D eigenvalue weighted by Crippen LogP contribution is 2.70. The van der Waals surface area contributed by atoms with E-state index in [0.29, 0.717) is 12.8 Å². The molecule has 1 N–H and O–H groups in total. The van der Waals surface area contributed by atoms with Gasteiger partial charge in [0.1, 0.15) is 0 Å². The third kappa shape index (κ3) is 3.36. The molecule has 4 rings (SSSR count). The van der Waals surface area contributed by atoms with Crippen molar-refractivity contribution >= 4 is 11.8 Å². The number of carbonyl (C=O) groups excluding carboxylic acids is 2. The number of rotatable bonds is 3. The second-order valence-electron chi connectivity index (χ2n) is 11.0. The number of hydrogen-bond donors (Lipinski definition) is 1. The second-order valence-corrected chi connectivity index (χ2v) is 11.0. The minimum atomic E-state index is -4.42. The Balaban J connectivity index is 1.79. The zero-order valence-corrected chi connectivity index (χ0v) is 19.8. The van der Waals surface area contributed by atoms with Crippen LogP contribution in [0.1, 0.15) is 53.9 Å². The molecule has 0 amide bonds. The maximum absolute atomic E-state index is 14.3. The number of fused-ring (bicyclic) bond motifs is 5. The number of ketones is 1. The van der Waals surface area contributed by atoms with Crippen molar-refractivity contribution in [2.75, 3.05) is 6.61 Å². The molecular formula is C26H33F3O4. The van der Waals surface area contributed by atoms with Gasteiger partial charge in [-0.2, -0.15) is 13.2 Å². The molecule has 7 heteroatoms. The molecule has 4 aliphatic rings. The van der Waals surface area contributed by atoms with Gasteiger partial charge in [-0.15, -0.1) is 0 Å². The highest BCUT2D eigenvalue weighted by Gasteiger charge is 2.67. The second kappa shape index (κ2) is 7.56. The van der Waals surface area contributed by atoms with Crippen molar-refractivity contribution < 1.29 is 32.6 Å². The minimum absolute atomic E-state index is 0.0545. The van der Waals surface area contributed by atoms with E-state index in [1.807, 2.05) is 27.7 Å². The van der Waals surface area contributed by atoms with Crippen molar-refractivity contribution in [1.82, 2.24) is 0 Å². The van der Waals surface area contributed by atoms with Crippen LogP contribution in [0.15, 0.2) is 35.5 Å². The Bertz CT molecular complexity index is 963. The van der Waals surface area contributed by atoms with Crippen LogP contribution in [0, 0.1) is 39.9 Å². The molecule has 4 nitrogen and oxygen atoms in total. The van der Waals surface area contributed by atoms with E-state index in [-0.39, 0.29) is 42.1 Å². The molecule has 33 heavy (non-hydrogen) atoms. The zero-order chi connectivity index (χ0) is 24.6. The average molecular weight is 467 g/mol. The third-order valence-corrected chi connectivity index (χ3v) is 9.65. The lowest BCUT2D eigenvalue weighted by atomic mass is 9.48. The summed E-state index contributed by atoms with van der Waals surface area (Å²) in [5.41, 5.74) is -1.03. The number of Topliss-reactive ketones (excluding diaryl/α,β-unsaturated/α-hetero) is 1. The topological polar surface area (TPSA) is 63.6 Å². The molecule has 0 heterocycles. The Morgan fingerprint density at radius 2 is 1.85 bits per heavy atom. The van der Waals surface area contributed by atoms with E-state index in [9.17, 15) is 27.9 Å². The van der Waals surface area contributed by atoms with Gasteiger partial charge in [0.05, 0.1) is 12.0 Å². The molecule has 2 saturated carbocycles. The van der Waals surface area contributed by atoms with Crippen molar-refractivity contribution in [2.24, 2.45) is 39.9 Å². The fourth-order valence-electron chi connectivity index (χ4n) is 7.52. The van der Waals surface area contributed by atoms with Crippen LogP contribution in [-0.4, -0.2) is 35.7 Å². The molecule has 2 fully saturated rings. The number of aliphatic hydroxyl groups is 1. The minimum Gasteiger partial charge on any atom is -0.458 e. The van der Waals surface area contributed by atoms with E-state index in [4.69, 9.17) is 4.74 Å². The first kappa shape index (κ1) is 24.2. The van der Waals surface area contributed by atoms with Crippen LogP contribution >= 0.6 is 0 Å². The number of hydrogen-bond acceptors (Lipinski definition) is 4. The van der Waals surface area contributed by atoms with Gasteiger partial charge in [0.25, 0.3) is 0 Å². The molecule has 0 aromatic carbocycles. The Morgan fingerprint density at radius 3 is 2.45 bits per heavy atom. The number of alkyl halides is 3. The fraction of sp³-hybridized carbons (Fsp3) is 0.692. The van der Waals surface area contributed by atoms with Gasteiger partial charge in [-0.05, 0) is 54.9 Å². The smallest absolute Gasteiger partial charge is 0.395 e. The van der Waals surface area contributed by atoms with Crippen LogP contribution in [-0.2, 0) is 14.3 Å². The average Bonchev–Trinajstić information content (AvgIpc) is 2.93. The molecule has 4 aliphatic carbocycles. The Kier molecular flexibility index (Phi) is 5.55. The molecule has 182 valence electrons.